The third-order valence-corrected chi connectivity index (χ3v) is 4.75. The number of halogens is 2. The van der Waals surface area contributed by atoms with Gasteiger partial charge in [0.2, 0.25) is 0 Å². The molecular weight excluding hydrogens is 300 g/mol. The first-order valence-corrected chi connectivity index (χ1v) is 7.25. The molecule has 2 rings (SSSR count). The summed E-state index contributed by atoms with van der Waals surface area (Å²) < 4.78 is 6.51. The van der Waals surface area contributed by atoms with Crippen molar-refractivity contribution in [1.82, 2.24) is 0 Å². The van der Waals surface area contributed by atoms with Gasteiger partial charge in [0.25, 0.3) is 0 Å². The maximum Gasteiger partial charge on any atom is 0.120 e. The first-order valence-electron chi connectivity index (χ1n) is 6.02. The Morgan fingerprint density at radius 1 is 1.53 bits per heavy atom. The second-order valence-electron chi connectivity index (χ2n) is 5.32. The molecule has 1 aliphatic carbocycles. The fourth-order valence-electron chi connectivity index (χ4n) is 2.21. The molecule has 0 radical (unpaired) electrons. The quantitative estimate of drug-likeness (QED) is 0.696. The van der Waals surface area contributed by atoms with Crippen molar-refractivity contribution in [1.29, 1.82) is 0 Å². The fraction of sp³-hybridized carbons (Fsp3) is 0.571. The molecule has 1 aromatic rings. The van der Waals surface area contributed by atoms with Crippen LogP contribution in [0.5, 0.6) is 5.75 Å². The minimum absolute atomic E-state index is 0.0926. The number of rotatable bonds is 4. The van der Waals surface area contributed by atoms with Gasteiger partial charge in [-0.2, -0.15) is 0 Å². The molecule has 0 aliphatic heterocycles. The molecule has 1 aliphatic rings. The lowest BCUT2D eigenvalue weighted by Gasteiger charge is -2.14. The van der Waals surface area contributed by atoms with Gasteiger partial charge in [0, 0.05) is 4.47 Å². The van der Waals surface area contributed by atoms with E-state index in [0.717, 1.165) is 10.2 Å². The Morgan fingerprint density at radius 2 is 2.18 bits per heavy atom. The summed E-state index contributed by atoms with van der Waals surface area (Å²) in [5, 5.41) is 0.0926. The summed E-state index contributed by atoms with van der Waals surface area (Å²) in [4.78, 5) is 0. The van der Waals surface area contributed by atoms with Gasteiger partial charge in [-0.1, -0.05) is 35.8 Å². The molecule has 1 aromatic carbocycles. The Labute approximate surface area is 117 Å². The van der Waals surface area contributed by atoms with Crippen LogP contribution in [-0.4, -0.2) is 6.61 Å². The summed E-state index contributed by atoms with van der Waals surface area (Å²) in [5.74, 6) is 1.47. The zero-order valence-electron chi connectivity index (χ0n) is 10.5. The van der Waals surface area contributed by atoms with Crippen molar-refractivity contribution in [2.45, 2.75) is 32.6 Å². The summed E-state index contributed by atoms with van der Waals surface area (Å²) in [6.07, 6.45) is 1.21. The highest BCUT2D eigenvalue weighted by molar-refractivity contribution is 9.10. The van der Waals surface area contributed by atoms with Crippen LogP contribution >= 0.6 is 27.5 Å². The molecule has 0 N–H and O–H groups in total. The van der Waals surface area contributed by atoms with Crippen LogP contribution in [0.2, 0.25) is 0 Å². The largest absolute Gasteiger partial charge is 0.494 e. The summed E-state index contributed by atoms with van der Waals surface area (Å²) in [5.41, 5.74) is 1.57. The van der Waals surface area contributed by atoms with Gasteiger partial charge in [0.05, 0.1) is 12.0 Å². The Hall–Kier alpha value is -0.210. The normalized spacial score (nSPS) is 23.2. The molecule has 2 atom stereocenters. The van der Waals surface area contributed by atoms with Crippen LogP contribution in [0.15, 0.2) is 22.7 Å². The maximum absolute atomic E-state index is 6.55. The molecular formula is C14H18BrClO. The van der Waals surface area contributed by atoms with Gasteiger partial charge in [0.15, 0.2) is 0 Å². The predicted octanol–water partition coefficient (Wildman–Crippen LogP) is 5.17. The molecule has 3 heteroatoms. The molecule has 0 bridgehead atoms. The number of ether oxygens (including phenoxy) is 1. The van der Waals surface area contributed by atoms with Gasteiger partial charge in [-0.15, -0.1) is 11.6 Å². The summed E-state index contributed by atoms with van der Waals surface area (Å²) in [6, 6.07) is 6.07. The Morgan fingerprint density at radius 3 is 2.65 bits per heavy atom. The molecule has 0 amide bonds. The van der Waals surface area contributed by atoms with E-state index in [4.69, 9.17) is 16.3 Å². The molecule has 17 heavy (non-hydrogen) atoms. The second-order valence-corrected chi connectivity index (χ2v) is 6.64. The van der Waals surface area contributed by atoms with Crippen molar-refractivity contribution in [2.24, 2.45) is 11.3 Å². The van der Waals surface area contributed by atoms with E-state index in [1.165, 1.54) is 12.0 Å². The molecule has 0 saturated heterocycles. The van der Waals surface area contributed by atoms with E-state index < -0.39 is 0 Å². The Kier molecular flexibility index (Phi) is 3.74. The van der Waals surface area contributed by atoms with Gasteiger partial charge in [-0.3, -0.25) is 0 Å². The Balaban J connectivity index is 2.16. The summed E-state index contributed by atoms with van der Waals surface area (Å²) in [7, 11) is 0. The van der Waals surface area contributed by atoms with E-state index in [-0.39, 0.29) is 5.38 Å². The Bertz CT molecular complexity index is 417. The van der Waals surface area contributed by atoms with Crippen LogP contribution in [0.3, 0.4) is 0 Å². The third kappa shape index (κ3) is 2.79. The molecule has 1 saturated carbocycles. The van der Waals surface area contributed by atoms with Crippen LogP contribution in [0.1, 0.15) is 38.1 Å². The molecule has 1 fully saturated rings. The van der Waals surface area contributed by atoms with Crippen LogP contribution in [0, 0.1) is 11.3 Å². The molecule has 1 nitrogen and oxygen atoms in total. The van der Waals surface area contributed by atoms with Gasteiger partial charge in [-0.25, -0.2) is 0 Å². The van der Waals surface area contributed by atoms with Crippen molar-refractivity contribution in [2.75, 3.05) is 6.61 Å². The monoisotopic (exact) mass is 316 g/mol. The first kappa shape index (κ1) is 13.2. The maximum atomic E-state index is 6.55. The summed E-state index contributed by atoms with van der Waals surface area (Å²) in [6.45, 7) is 7.22. The number of hydrogen-bond donors (Lipinski definition) is 0. The lowest BCUT2D eigenvalue weighted by Crippen LogP contribution is -2.01. The van der Waals surface area contributed by atoms with Crippen molar-refractivity contribution < 1.29 is 4.74 Å². The highest BCUT2D eigenvalue weighted by atomic mass is 79.9. The van der Waals surface area contributed by atoms with E-state index in [1.54, 1.807) is 0 Å². The average molecular weight is 318 g/mol. The van der Waals surface area contributed by atoms with E-state index in [1.807, 2.05) is 19.1 Å². The smallest absolute Gasteiger partial charge is 0.120 e. The predicted molar refractivity (Wildman–Crippen MR) is 75.8 cm³/mol. The highest BCUT2D eigenvalue weighted by Gasteiger charge is 2.50. The molecule has 2 unspecified atom stereocenters. The molecule has 0 spiro atoms. The van der Waals surface area contributed by atoms with Crippen LogP contribution < -0.4 is 4.74 Å². The van der Waals surface area contributed by atoms with Gasteiger partial charge in [0.1, 0.15) is 5.75 Å². The van der Waals surface area contributed by atoms with E-state index in [0.29, 0.717) is 17.9 Å². The SMILES string of the molecule is CCOc1ccc(C(Cl)C2CC2(C)C)c(Br)c1. The summed E-state index contributed by atoms with van der Waals surface area (Å²) >= 11 is 10.1. The average Bonchev–Trinajstić information content (AvgIpc) is 2.88. The zero-order valence-corrected chi connectivity index (χ0v) is 12.8. The molecule has 0 heterocycles. The number of hydrogen-bond acceptors (Lipinski definition) is 1. The zero-order chi connectivity index (χ0) is 12.6. The van der Waals surface area contributed by atoms with Crippen molar-refractivity contribution in [3.8, 4) is 5.75 Å². The van der Waals surface area contributed by atoms with Crippen molar-refractivity contribution in [3.63, 3.8) is 0 Å². The lowest BCUT2D eigenvalue weighted by molar-refractivity contribution is 0.340. The third-order valence-electron chi connectivity index (χ3n) is 3.52. The highest BCUT2D eigenvalue weighted by Crippen LogP contribution is 2.60. The molecule has 94 valence electrons. The second kappa shape index (κ2) is 4.81. The minimum atomic E-state index is 0.0926. The minimum Gasteiger partial charge on any atom is -0.494 e. The topological polar surface area (TPSA) is 9.23 Å². The van der Waals surface area contributed by atoms with E-state index >= 15 is 0 Å². The van der Waals surface area contributed by atoms with Gasteiger partial charge in [-0.05, 0) is 42.4 Å². The van der Waals surface area contributed by atoms with Gasteiger partial charge < -0.3 is 4.74 Å². The fourth-order valence-corrected chi connectivity index (χ4v) is 3.57. The van der Waals surface area contributed by atoms with E-state index in [2.05, 4.69) is 35.8 Å². The standard InChI is InChI=1S/C14H18BrClO/c1-4-17-9-5-6-10(12(15)7-9)13(16)11-8-14(11,2)3/h5-7,11,13H,4,8H2,1-3H3. The number of alkyl halides is 1. The van der Waals surface area contributed by atoms with Crippen LogP contribution in [0.25, 0.3) is 0 Å². The number of benzene rings is 1. The van der Waals surface area contributed by atoms with E-state index in [9.17, 15) is 0 Å². The van der Waals surface area contributed by atoms with Crippen molar-refractivity contribution >= 4 is 27.5 Å². The van der Waals surface area contributed by atoms with Crippen LogP contribution in [-0.2, 0) is 0 Å². The first-order chi connectivity index (χ1) is 7.95. The molecule has 0 aromatic heterocycles. The van der Waals surface area contributed by atoms with Crippen LogP contribution in [0.4, 0.5) is 0 Å². The van der Waals surface area contributed by atoms with Crippen molar-refractivity contribution in [3.05, 3.63) is 28.2 Å². The lowest BCUT2D eigenvalue weighted by atomic mass is 10.0. The van der Waals surface area contributed by atoms with Gasteiger partial charge >= 0.3 is 0 Å².